The SMILES string of the molecule is Cc1ccc(NC(=O)CSc2nc3ccc(NC(=O)[C@H](N)C(C)C)cc3s2)cc1. The highest BCUT2D eigenvalue weighted by Crippen LogP contribution is 2.31. The summed E-state index contributed by atoms with van der Waals surface area (Å²) in [6.07, 6.45) is 0. The van der Waals surface area contributed by atoms with Crippen molar-refractivity contribution < 1.29 is 9.59 Å². The van der Waals surface area contributed by atoms with Crippen LogP contribution in [0.1, 0.15) is 19.4 Å². The van der Waals surface area contributed by atoms with Crippen LogP contribution in [-0.2, 0) is 9.59 Å². The smallest absolute Gasteiger partial charge is 0.241 e. The lowest BCUT2D eigenvalue weighted by Crippen LogP contribution is -2.39. The van der Waals surface area contributed by atoms with Crippen molar-refractivity contribution in [3.8, 4) is 0 Å². The molecule has 0 fully saturated rings. The molecule has 0 saturated carbocycles. The van der Waals surface area contributed by atoms with Crippen LogP contribution < -0.4 is 16.4 Å². The number of hydrogen-bond donors (Lipinski definition) is 3. The fourth-order valence-corrected chi connectivity index (χ4v) is 4.44. The van der Waals surface area contributed by atoms with E-state index in [4.69, 9.17) is 5.73 Å². The molecule has 0 unspecified atom stereocenters. The topological polar surface area (TPSA) is 97.1 Å². The molecule has 3 rings (SSSR count). The molecule has 4 N–H and O–H groups in total. The number of amides is 2. The minimum absolute atomic E-state index is 0.0659. The Morgan fingerprint density at radius 2 is 1.79 bits per heavy atom. The number of aryl methyl sites for hydroxylation is 1. The van der Waals surface area contributed by atoms with E-state index >= 15 is 0 Å². The van der Waals surface area contributed by atoms with Gasteiger partial charge in [-0.05, 0) is 43.2 Å². The number of carbonyl (C=O) groups excluding carboxylic acids is 2. The summed E-state index contributed by atoms with van der Waals surface area (Å²) < 4.78 is 1.75. The van der Waals surface area contributed by atoms with Gasteiger partial charge in [0, 0.05) is 11.4 Å². The molecule has 0 aliphatic heterocycles. The van der Waals surface area contributed by atoms with Crippen LogP contribution in [0.25, 0.3) is 10.2 Å². The maximum Gasteiger partial charge on any atom is 0.241 e. The Bertz CT molecular complexity index is 1020. The zero-order valence-electron chi connectivity index (χ0n) is 16.6. The molecule has 0 bridgehead atoms. The summed E-state index contributed by atoms with van der Waals surface area (Å²) in [7, 11) is 0. The molecule has 1 aromatic heterocycles. The predicted octanol–water partition coefficient (Wildman–Crippen LogP) is 4.26. The van der Waals surface area contributed by atoms with E-state index in [1.807, 2.05) is 63.2 Å². The third-order valence-corrected chi connectivity index (χ3v) is 6.48. The number of nitrogens with two attached hydrogens (primary N) is 1. The first-order valence-electron chi connectivity index (χ1n) is 9.28. The fourth-order valence-electron chi connectivity index (χ4n) is 2.53. The number of anilines is 2. The van der Waals surface area contributed by atoms with E-state index in [1.54, 1.807) is 0 Å². The molecule has 0 spiro atoms. The number of fused-ring (bicyclic) bond motifs is 1. The second kappa shape index (κ2) is 9.39. The number of thioether (sulfide) groups is 1. The normalized spacial score (nSPS) is 12.2. The molecule has 0 radical (unpaired) electrons. The van der Waals surface area contributed by atoms with Crippen molar-refractivity contribution in [2.45, 2.75) is 31.2 Å². The van der Waals surface area contributed by atoms with Gasteiger partial charge in [-0.3, -0.25) is 9.59 Å². The maximum atomic E-state index is 12.2. The molecule has 29 heavy (non-hydrogen) atoms. The quantitative estimate of drug-likeness (QED) is 0.489. The molecule has 0 aliphatic carbocycles. The molecule has 3 aromatic rings. The number of thiazole rings is 1. The Hall–Kier alpha value is -2.42. The number of nitrogens with one attached hydrogen (secondary N) is 2. The van der Waals surface area contributed by atoms with Crippen LogP contribution in [-0.4, -0.2) is 28.6 Å². The predicted molar refractivity (Wildman–Crippen MR) is 122 cm³/mol. The minimum atomic E-state index is -0.551. The van der Waals surface area contributed by atoms with Gasteiger partial charge in [0.2, 0.25) is 11.8 Å². The highest BCUT2D eigenvalue weighted by molar-refractivity contribution is 8.01. The first kappa shape index (κ1) is 21.3. The van der Waals surface area contributed by atoms with Crippen molar-refractivity contribution in [2.75, 3.05) is 16.4 Å². The van der Waals surface area contributed by atoms with Gasteiger partial charge in [-0.2, -0.15) is 0 Å². The monoisotopic (exact) mass is 428 g/mol. The maximum absolute atomic E-state index is 12.2. The molecule has 1 atom stereocenters. The second-order valence-corrected chi connectivity index (χ2v) is 9.38. The summed E-state index contributed by atoms with van der Waals surface area (Å²) in [6.45, 7) is 5.83. The van der Waals surface area contributed by atoms with Crippen LogP contribution in [0, 0.1) is 12.8 Å². The minimum Gasteiger partial charge on any atom is -0.325 e. The summed E-state index contributed by atoms with van der Waals surface area (Å²) in [5.74, 6) is 0.0664. The number of hydrogen-bond acceptors (Lipinski definition) is 6. The first-order chi connectivity index (χ1) is 13.8. The number of aromatic nitrogens is 1. The third-order valence-electron chi connectivity index (χ3n) is 4.32. The molecule has 6 nitrogen and oxygen atoms in total. The number of benzene rings is 2. The van der Waals surface area contributed by atoms with E-state index < -0.39 is 6.04 Å². The fraction of sp³-hybridized carbons (Fsp3) is 0.286. The molecular formula is C21H24N4O2S2. The van der Waals surface area contributed by atoms with Crippen LogP contribution in [0.3, 0.4) is 0 Å². The van der Waals surface area contributed by atoms with Crippen LogP contribution >= 0.6 is 23.1 Å². The zero-order chi connectivity index (χ0) is 21.0. The summed E-state index contributed by atoms with van der Waals surface area (Å²) in [6, 6.07) is 12.7. The zero-order valence-corrected chi connectivity index (χ0v) is 18.2. The van der Waals surface area contributed by atoms with Gasteiger partial charge in [0.05, 0.1) is 22.0 Å². The third kappa shape index (κ3) is 5.79. The molecule has 2 amide bonds. The number of rotatable bonds is 7. The largest absolute Gasteiger partial charge is 0.325 e. The highest BCUT2D eigenvalue weighted by atomic mass is 32.2. The number of nitrogens with zero attached hydrogens (tertiary/aromatic N) is 1. The van der Waals surface area contributed by atoms with Gasteiger partial charge < -0.3 is 16.4 Å². The lowest BCUT2D eigenvalue weighted by Gasteiger charge is -2.15. The molecule has 152 valence electrons. The second-order valence-electron chi connectivity index (χ2n) is 7.12. The Kier molecular flexibility index (Phi) is 6.89. The molecule has 8 heteroatoms. The average Bonchev–Trinajstić information content (AvgIpc) is 3.09. The van der Waals surface area contributed by atoms with Gasteiger partial charge in [0.1, 0.15) is 0 Å². The van der Waals surface area contributed by atoms with Crippen molar-refractivity contribution >= 4 is 56.5 Å². The standard InChI is InChI=1S/C21H24N4O2S2/c1-12(2)19(22)20(27)24-15-8-9-16-17(10-15)29-21(25-16)28-11-18(26)23-14-6-4-13(3)5-7-14/h4-10,12,19H,11,22H2,1-3H3,(H,23,26)(H,24,27)/t19-/m1/s1. The summed E-state index contributed by atoms with van der Waals surface area (Å²) in [4.78, 5) is 28.9. The Labute approximate surface area is 178 Å². The molecule has 0 aliphatic rings. The highest BCUT2D eigenvalue weighted by Gasteiger charge is 2.17. The number of carbonyl (C=O) groups is 2. The lowest BCUT2D eigenvalue weighted by molar-refractivity contribution is -0.118. The van der Waals surface area contributed by atoms with Gasteiger partial charge in [-0.1, -0.05) is 43.3 Å². The van der Waals surface area contributed by atoms with Crippen LogP contribution in [0.15, 0.2) is 46.8 Å². The van der Waals surface area contributed by atoms with Crippen LogP contribution in [0.5, 0.6) is 0 Å². The van der Waals surface area contributed by atoms with Crippen molar-refractivity contribution in [1.29, 1.82) is 0 Å². The van der Waals surface area contributed by atoms with Gasteiger partial charge in [-0.15, -0.1) is 11.3 Å². The molecule has 1 heterocycles. The summed E-state index contributed by atoms with van der Waals surface area (Å²) >= 11 is 2.89. The average molecular weight is 429 g/mol. The Morgan fingerprint density at radius 3 is 2.48 bits per heavy atom. The first-order valence-corrected chi connectivity index (χ1v) is 11.1. The van der Waals surface area contributed by atoms with Gasteiger partial charge in [-0.25, -0.2) is 4.98 Å². The van der Waals surface area contributed by atoms with Gasteiger partial charge in [0.25, 0.3) is 0 Å². The van der Waals surface area contributed by atoms with Crippen molar-refractivity contribution in [1.82, 2.24) is 4.98 Å². The van der Waals surface area contributed by atoms with Crippen LogP contribution in [0.4, 0.5) is 11.4 Å². The lowest BCUT2D eigenvalue weighted by atomic mass is 10.1. The van der Waals surface area contributed by atoms with E-state index in [0.717, 1.165) is 25.8 Å². The Morgan fingerprint density at radius 1 is 1.10 bits per heavy atom. The van der Waals surface area contributed by atoms with E-state index in [-0.39, 0.29) is 23.5 Å². The molecular weight excluding hydrogens is 404 g/mol. The van der Waals surface area contributed by atoms with E-state index in [1.165, 1.54) is 23.1 Å². The summed E-state index contributed by atoms with van der Waals surface area (Å²) in [5.41, 5.74) is 9.35. The molecule has 2 aromatic carbocycles. The van der Waals surface area contributed by atoms with E-state index in [0.29, 0.717) is 5.69 Å². The van der Waals surface area contributed by atoms with E-state index in [9.17, 15) is 9.59 Å². The molecule has 0 saturated heterocycles. The van der Waals surface area contributed by atoms with Crippen molar-refractivity contribution in [3.05, 3.63) is 48.0 Å². The van der Waals surface area contributed by atoms with Crippen molar-refractivity contribution in [3.63, 3.8) is 0 Å². The van der Waals surface area contributed by atoms with Crippen molar-refractivity contribution in [2.24, 2.45) is 11.7 Å². The van der Waals surface area contributed by atoms with Gasteiger partial charge in [0.15, 0.2) is 4.34 Å². The summed E-state index contributed by atoms with van der Waals surface area (Å²) in [5, 5.41) is 5.73. The van der Waals surface area contributed by atoms with E-state index in [2.05, 4.69) is 15.6 Å². The Balaban J connectivity index is 1.60. The van der Waals surface area contributed by atoms with Gasteiger partial charge >= 0.3 is 0 Å². The van der Waals surface area contributed by atoms with Crippen LogP contribution in [0.2, 0.25) is 0 Å².